The van der Waals surface area contributed by atoms with E-state index >= 15 is 0 Å². The van der Waals surface area contributed by atoms with Gasteiger partial charge in [-0.15, -0.1) is 0 Å². The van der Waals surface area contributed by atoms with Crippen LogP contribution in [0.3, 0.4) is 0 Å². The molecule has 0 aliphatic heterocycles. The molecule has 0 spiro atoms. The lowest BCUT2D eigenvalue weighted by molar-refractivity contribution is -0.0498. The van der Waals surface area contributed by atoms with E-state index in [-0.39, 0.29) is 11.7 Å². The van der Waals surface area contributed by atoms with Crippen molar-refractivity contribution in [1.29, 1.82) is 0 Å². The Morgan fingerprint density at radius 1 is 1.04 bits per heavy atom. The summed E-state index contributed by atoms with van der Waals surface area (Å²) < 4.78 is 35.4. The number of ether oxygens (including phenoxy) is 2. The van der Waals surface area contributed by atoms with Gasteiger partial charge in [-0.1, -0.05) is 0 Å². The molecule has 0 aliphatic carbocycles. The maximum Gasteiger partial charge on any atom is 0.387 e. The molecule has 3 rings (SSSR count). The molecule has 0 bridgehead atoms. The first-order valence-corrected chi connectivity index (χ1v) is 7.25. The lowest BCUT2D eigenvalue weighted by atomic mass is 10.2. The highest BCUT2D eigenvalue weighted by Gasteiger charge is 2.15. The molecule has 0 radical (unpaired) electrons. The van der Waals surface area contributed by atoms with Crippen LogP contribution >= 0.6 is 0 Å². The standard InChI is InChI=1S/C18H15F2NO3/c1-11-9-13-10-15(23-2)7-8-16(13)21(11)17(22)12-3-5-14(6-4-12)24-18(19)20/h3-10,18H,1-2H3. The highest BCUT2D eigenvalue weighted by atomic mass is 19.3. The summed E-state index contributed by atoms with van der Waals surface area (Å²) in [6.07, 6.45) is 0. The number of halogens is 2. The molecule has 0 N–H and O–H groups in total. The van der Waals surface area contributed by atoms with E-state index in [9.17, 15) is 13.6 Å². The van der Waals surface area contributed by atoms with E-state index in [0.29, 0.717) is 11.3 Å². The van der Waals surface area contributed by atoms with Gasteiger partial charge in [0.05, 0.1) is 12.6 Å². The molecule has 0 atom stereocenters. The zero-order valence-electron chi connectivity index (χ0n) is 13.1. The molecule has 0 saturated heterocycles. The molecule has 0 fully saturated rings. The van der Waals surface area contributed by atoms with Crippen LogP contribution in [-0.4, -0.2) is 24.2 Å². The van der Waals surface area contributed by atoms with Gasteiger partial charge in [0.15, 0.2) is 0 Å². The first kappa shape index (κ1) is 16.0. The second-order valence-electron chi connectivity index (χ2n) is 5.25. The van der Waals surface area contributed by atoms with Gasteiger partial charge in [0.2, 0.25) is 0 Å². The van der Waals surface area contributed by atoms with Gasteiger partial charge in [0, 0.05) is 16.6 Å². The number of carbonyl (C=O) groups is 1. The van der Waals surface area contributed by atoms with Crippen LogP contribution in [0.2, 0.25) is 0 Å². The third-order valence-corrected chi connectivity index (χ3v) is 3.72. The predicted molar refractivity (Wildman–Crippen MR) is 86.0 cm³/mol. The Morgan fingerprint density at radius 3 is 2.33 bits per heavy atom. The van der Waals surface area contributed by atoms with Crippen LogP contribution in [0.15, 0.2) is 48.5 Å². The van der Waals surface area contributed by atoms with Crippen LogP contribution < -0.4 is 9.47 Å². The van der Waals surface area contributed by atoms with Crippen molar-refractivity contribution < 1.29 is 23.0 Å². The van der Waals surface area contributed by atoms with Crippen molar-refractivity contribution >= 4 is 16.8 Å². The van der Waals surface area contributed by atoms with Gasteiger partial charge in [-0.05, 0) is 55.5 Å². The molecule has 0 saturated carbocycles. The average molecular weight is 331 g/mol. The minimum absolute atomic E-state index is 0.0142. The van der Waals surface area contributed by atoms with E-state index in [1.807, 2.05) is 25.1 Å². The Morgan fingerprint density at radius 2 is 1.71 bits per heavy atom. The van der Waals surface area contributed by atoms with Crippen molar-refractivity contribution in [2.45, 2.75) is 13.5 Å². The minimum atomic E-state index is -2.89. The van der Waals surface area contributed by atoms with E-state index in [1.54, 1.807) is 17.7 Å². The highest BCUT2D eigenvalue weighted by Crippen LogP contribution is 2.25. The third kappa shape index (κ3) is 2.95. The predicted octanol–water partition coefficient (Wildman–Crippen LogP) is 4.25. The fourth-order valence-corrected chi connectivity index (χ4v) is 2.64. The van der Waals surface area contributed by atoms with Gasteiger partial charge in [0.1, 0.15) is 11.5 Å². The summed E-state index contributed by atoms with van der Waals surface area (Å²) in [7, 11) is 1.58. The molecule has 6 heteroatoms. The zero-order chi connectivity index (χ0) is 17.3. The van der Waals surface area contributed by atoms with E-state index in [4.69, 9.17) is 4.74 Å². The number of aryl methyl sites for hydroxylation is 1. The van der Waals surface area contributed by atoms with Gasteiger partial charge < -0.3 is 9.47 Å². The molecule has 4 nitrogen and oxygen atoms in total. The topological polar surface area (TPSA) is 40.5 Å². The van der Waals surface area contributed by atoms with Crippen LogP contribution in [0, 0.1) is 6.92 Å². The second kappa shape index (κ2) is 6.31. The van der Waals surface area contributed by atoms with Crippen molar-refractivity contribution in [3.8, 4) is 11.5 Å². The molecule has 0 aliphatic rings. The fraction of sp³-hybridized carbons (Fsp3) is 0.167. The van der Waals surface area contributed by atoms with E-state index in [1.165, 1.54) is 24.3 Å². The summed E-state index contributed by atoms with van der Waals surface area (Å²) in [5.41, 5.74) is 1.91. The molecule has 0 unspecified atom stereocenters. The number of alkyl halides is 2. The molecule has 2 aromatic carbocycles. The lowest BCUT2D eigenvalue weighted by Crippen LogP contribution is -2.13. The molecular formula is C18H15F2NO3. The maximum atomic E-state index is 12.8. The molecular weight excluding hydrogens is 316 g/mol. The number of hydrogen-bond donors (Lipinski definition) is 0. The van der Waals surface area contributed by atoms with Gasteiger partial charge in [-0.3, -0.25) is 9.36 Å². The Balaban J connectivity index is 1.97. The number of carbonyl (C=O) groups excluding carboxylic acids is 1. The zero-order valence-corrected chi connectivity index (χ0v) is 13.1. The quantitative estimate of drug-likeness (QED) is 0.718. The average Bonchev–Trinajstić information content (AvgIpc) is 2.89. The molecule has 1 heterocycles. The summed E-state index contributed by atoms with van der Waals surface area (Å²) in [6, 6.07) is 13.0. The molecule has 124 valence electrons. The largest absolute Gasteiger partial charge is 0.497 e. The van der Waals surface area contributed by atoms with Crippen LogP contribution in [0.1, 0.15) is 16.1 Å². The normalized spacial score (nSPS) is 11.0. The number of benzene rings is 2. The monoisotopic (exact) mass is 331 g/mol. The van der Waals surface area contributed by atoms with Crippen molar-refractivity contribution in [2.24, 2.45) is 0 Å². The smallest absolute Gasteiger partial charge is 0.387 e. The number of aromatic nitrogens is 1. The van der Waals surface area contributed by atoms with E-state index in [2.05, 4.69) is 4.74 Å². The summed E-state index contributed by atoms with van der Waals surface area (Å²) in [6.45, 7) is -1.06. The van der Waals surface area contributed by atoms with Gasteiger partial charge in [0.25, 0.3) is 5.91 Å². The highest BCUT2D eigenvalue weighted by molar-refractivity contribution is 6.03. The van der Waals surface area contributed by atoms with Gasteiger partial charge >= 0.3 is 6.61 Å². The number of nitrogens with zero attached hydrogens (tertiary/aromatic N) is 1. The van der Waals surface area contributed by atoms with Crippen LogP contribution in [-0.2, 0) is 0 Å². The minimum Gasteiger partial charge on any atom is -0.497 e. The SMILES string of the molecule is COc1ccc2c(c1)cc(C)n2C(=O)c1ccc(OC(F)F)cc1. The Kier molecular flexibility index (Phi) is 4.20. The summed E-state index contributed by atoms with van der Waals surface area (Å²) in [5.74, 6) is 0.484. The van der Waals surface area contributed by atoms with Crippen molar-refractivity contribution in [3.05, 3.63) is 59.8 Å². The van der Waals surface area contributed by atoms with Crippen LogP contribution in [0.25, 0.3) is 10.9 Å². The third-order valence-electron chi connectivity index (χ3n) is 3.72. The molecule has 24 heavy (non-hydrogen) atoms. The van der Waals surface area contributed by atoms with Crippen LogP contribution in [0.4, 0.5) is 8.78 Å². The van der Waals surface area contributed by atoms with Crippen molar-refractivity contribution in [2.75, 3.05) is 7.11 Å². The number of fused-ring (bicyclic) bond motifs is 1. The summed E-state index contributed by atoms with van der Waals surface area (Å²) in [4.78, 5) is 12.8. The van der Waals surface area contributed by atoms with Crippen molar-refractivity contribution in [1.82, 2.24) is 4.57 Å². The first-order chi connectivity index (χ1) is 11.5. The lowest BCUT2D eigenvalue weighted by Gasteiger charge is -2.09. The maximum absolute atomic E-state index is 12.8. The van der Waals surface area contributed by atoms with E-state index < -0.39 is 6.61 Å². The van der Waals surface area contributed by atoms with Gasteiger partial charge in [-0.2, -0.15) is 8.78 Å². The Hall–Kier alpha value is -2.89. The number of methoxy groups -OCH3 is 1. The first-order valence-electron chi connectivity index (χ1n) is 7.25. The van der Waals surface area contributed by atoms with Gasteiger partial charge in [-0.25, -0.2) is 0 Å². The van der Waals surface area contributed by atoms with E-state index in [0.717, 1.165) is 16.6 Å². The summed E-state index contributed by atoms with van der Waals surface area (Å²) in [5, 5.41) is 0.887. The molecule has 3 aromatic rings. The van der Waals surface area contributed by atoms with Crippen LogP contribution in [0.5, 0.6) is 11.5 Å². The summed E-state index contributed by atoms with van der Waals surface area (Å²) >= 11 is 0. The fourth-order valence-electron chi connectivity index (χ4n) is 2.64. The molecule has 0 amide bonds. The van der Waals surface area contributed by atoms with Crippen molar-refractivity contribution in [3.63, 3.8) is 0 Å². The number of rotatable bonds is 4. The number of hydrogen-bond acceptors (Lipinski definition) is 3. The Bertz CT molecular complexity index is 885. The molecule has 1 aromatic heterocycles. The second-order valence-corrected chi connectivity index (χ2v) is 5.25. The Labute approximate surface area is 137 Å².